The molecule has 1 N–H and O–H groups in total. The third-order valence-corrected chi connectivity index (χ3v) is 8.74. The number of carbonyl (C=O) groups is 2. The van der Waals surface area contributed by atoms with Crippen LogP contribution < -0.4 is 33.9 Å². The van der Waals surface area contributed by atoms with Gasteiger partial charge in [0.25, 0.3) is 0 Å². The topological polar surface area (TPSA) is 65.8 Å². The number of pyridine rings is 1. The van der Waals surface area contributed by atoms with Crippen molar-refractivity contribution in [2.24, 2.45) is 30.2 Å². The number of nitrogens with one attached hydrogen (secondary N) is 1. The zero-order chi connectivity index (χ0) is 26.6. The molecule has 4 bridgehead atoms. The van der Waals surface area contributed by atoms with Gasteiger partial charge in [-0.2, -0.15) is 0 Å². The van der Waals surface area contributed by atoms with Gasteiger partial charge >= 0.3 is 12.1 Å². The lowest BCUT2D eigenvalue weighted by Crippen LogP contribution is -3.00. The van der Waals surface area contributed by atoms with Crippen molar-refractivity contribution in [2.45, 2.75) is 84.2 Å². The number of hydrogen-bond acceptors (Lipinski definition) is 3. The average molecular weight is 641 g/mol. The van der Waals surface area contributed by atoms with E-state index in [1.54, 1.807) is 11.9 Å². The summed E-state index contributed by atoms with van der Waals surface area (Å²) >= 11 is 0. The quantitative estimate of drug-likeness (QED) is 0.242. The van der Waals surface area contributed by atoms with E-state index in [-0.39, 0.29) is 36.1 Å². The van der Waals surface area contributed by atoms with E-state index in [0.29, 0.717) is 25.0 Å². The van der Waals surface area contributed by atoms with E-state index >= 15 is 0 Å². The van der Waals surface area contributed by atoms with Crippen LogP contribution >= 0.6 is 0 Å². The summed E-state index contributed by atoms with van der Waals surface area (Å²) in [7, 11) is 3.77. The smallest absolute Gasteiger partial charge is 0.410 e. The van der Waals surface area contributed by atoms with Crippen molar-refractivity contribution in [3.63, 3.8) is 0 Å². The second-order valence-electron chi connectivity index (χ2n) is 13.3. The van der Waals surface area contributed by atoms with Crippen LogP contribution in [0.5, 0.6) is 0 Å². The van der Waals surface area contributed by atoms with Crippen LogP contribution in [0.2, 0.25) is 0 Å². The molecule has 4 aliphatic carbocycles. The predicted octanol–water partition coefficient (Wildman–Crippen LogP) is 1.93. The molecular formula is C30H49IN4O3. The molecule has 4 saturated carbocycles. The predicted molar refractivity (Wildman–Crippen MR) is 145 cm³/mol. The zero-order valence-electron chi connectivity index (χ0n) is 24.2. The highest BCUT2D eigenvalue weighted by Gasteiger charge is 2.50. The number of aryl methyl sites for hydroxylation is 2. The van der Waals surface area contributed by atoms with E-state index in [1.807, 2.05) is 37.3 Å². The zero-order valence-corrected chi connectivity index (χ0v) is 26.3. The van der Waals surface area contributed by atoms with Crippen molar-refractivity contribution in [3.8, 4) is 0 Å². The van der Waals surface area contributed by atoms with Crippen LogP contribution in [0.3, 0.4) is 0 Å². The summed E-state index contributed by atoms with van der Waals surface area (Å²) < 4.78 is 7.54. The summed E-state index contributed by atoms with van der Waals surface area (Å²) in [6, 6.07) is 4.25. The van der Waals surface area contributed by atoms with Crippen LogP contribution in [0.25, 0.3) is 0 Å². The molecule has 5 rings (SSSR count). The minimum absolute atomic E-state index is 0. The summed E-state index contributed by atoms with van der Waals surface area (Å²) in [6.07, 6.45) is 15.0. The number of urea groups is 1. The van der Waals surface area contributed by atoms with E-state index in [4.69, 9.17) is 4.74 Å². The molecule has 214 valence electrons. The van der Waals surface area contributed by atoms with Crippen molar-refractivity contribution >= 4 is 12.1 Å². The van der Waals surface area contributed by atoms with Gasteiger partial charge in [-0.1, -0.05) is 0 Å². The Balaban J connectivity index is 0.00000400. The van der Waals surface area contributed by atoms with Gasteiger partial charge in [-0.15, -0.1) is 0 Å². The highest BCUT2D eigenvalue weighted by molar-refractivity contribution is 5.74. The number of halogens is 1. The normalized spacial score (nSPS) is 25.4. The molecule has 3 amide bonds. The lowest BCUT2D eigenvalue weighted by molar-refractivity contribution is -0.671. The summed E-state index contributed by atoms with van der Waals surface area (Å²) in [5.74, 6) is 2.73. The minimum atomic E-state index is -0.531. The number of aromatic nitrogens is 1. The molecule has 0 saturated heterocycles. The van der Waals surface area contributed by atoms with Crippen LogP contribution in [-0.2, 0) is 18.2 Å². The third-order valence-electron chi connectivity index (χ3n) is 8.74. The molecule has 1 aromatic heterocycles. The molecular weight excluding hydrogens is 591 g/mol. The van der Waals surface area contributed by atoms with Crippen molar-refractivity contribution in [2.75, 3.05) is 33.2 Å². The Hall–Kier alpha value is -1.58. The maximum absolute atomic E-state index is 13.3. The lowest BCUT2D eigenvalue weighted by Gasteiger charge is -2.57. The van der Waals surface area contributed by atoms with E-state index in [9.17, 15) is 9.59 Å². The van der Waals surface area contributed by atoms with E-state index in [2.05, 4.69) is 29.8 Å². The highest BCUT2D eigenvalue weighted by atomic mass is 127. The molecule has 4 aliphatic rings. The fraction of sp³-hybridized carbons (Fsp3) is 0.767. The van der Waals surface area contributed by atoms with Crippen LogP contribution in [0.1, 0.15) is 77.7 Å². The average Bonchev–Trinajstić information content (AvgIpc) is 2.80. The Bertz CT molecular complexity index is 895. The van der Waals surface area contributed by atoms with Crippen molar-refractivity contribution in [1.29, 1.82) is 0 Å². The Morgan fingerprint density at radius 3 is 2.16 bits per heavy atom. The number of likely N-dealkylation sites (N-methyl/N-ethyl adjacent to an activating group) is 1. The van der Waals surface area contributed by atoms with Gasteiger partial charge in [-0.3, -0.25) is 0 Å². The standard InChI is InChI=1S/C30H48N4O3.HI/c1-29(2,3)37-28(36)33(5)15-16-34(27(35)31-11-6-7-23-8-12-32(4)13-9-23)14-10-30-20-24-17-25(21-30)19-26(18-24)22-30;/h8-9,12-13,24-26H,6-7,10-11,14-22H2,1-5H3;1H. The van der Waals surface area contributed by atoms with Crippen molar-refractivity contribution in [3.05, 3.63) is 30.1 Å². The molecule has 4 fully saturated rings. The van der Waals surface area contributed by atoms with Gasteiger partial charge in [0.1, 0.15) is 12.6 Å². The summed E-state index contributed by atoms with van der Waals surface area (Å²) in [5, 5.41) is 3.16. The van der Waals surface area contributed by atoms with Crippen molar-refractivity contribution in [1.82, 2.24) is 15.1 Å². The maximum Gasteiger partial charge on any atom is 0.410 e. The second kappa shape index (κ2) is 13.2. The van der Waals surface area contributed by atoms with E-state index in [0.717, 1.165) is 43.6 Å². The molecule has 1 heterocycles. The lowest BCUT2D eigenvalue weighted by atomic mass is 9.49. The Labute approximate surface area is 247 Å². The molecule has 1 aromatic rings. The molecule has 38 heavy (non-hydrogen) atoms. The van der Waals surface area contributed by atoms with E-state index in [1.165, 1.54) is 44.1 Å². The fourth-order valence-corrected chi connectivity index (χ4v) is 7.28. The number of hydrogen-bond donors (Lipinski definition) is 1. The molecule has 0 spiro atoms. The Morgan fingerprint density at radius 2 is 1.61 bits per heavy atom. The number of nitrogens with zero attached hydrogens (tertiary/aromatic N) is 3. The Morgan fingerprint density at radius 1 is 1.03 bits per heavy atom. The molecule has 8 heteroatoms. The first kappa shape index (κ1) is 31.0. The summed E-state index contributed by atoms with van der Waals surface area (Å²) in [6.45, 7) is 8.01. The number of carbonyl (C=O) groups excluding carboxylic acids is 2. The first-order valence-electron chi connectivity index (χ1n) is 14.4. The van der Waals surface area contributed by atoms with Crippen molar-refractivity contribution < 1.29 is 42.9 Å². The number of ether oxygens (including phenoxy) is 1. The number of amides is 3. The largest absolute Gasteiger partial charge is 1.00 e. The number of rotatable bonds is 10. The summed E-state index contributed by atoms with van der Waals surface area (Å²) in [4.78, 5) is 29.3. The van der Waals surface area contributed by atoms with Gasteiger partial charge in [-0.25, -0.2) is 14.2 Å². The van der Waals surface area contributed by atoms with Gasteiger partial charge in [0, 0.05) is 45.4 Å². The first-order valence-corrected chi connectivity index (χ1v) is 14.4. The molecule has 0 atom stereocenters. The first-order chi connectivity index (χ1) is 17.5. The fourth-order valence-electron chi connectivity index (χ4n) is 7.28. The van der Waals surface area contributed by atoms with Gasteiger partial charge in [0.15, 0.2) is 12.4 Å². The molecule has 0 aliphatic heterocycles. The van der Waals surface area contributed by atoms with Gasteiger partial charge < -0.3 is 43.8 Å². The monoisotopic (exact) mass is 640 g/mol. The van der Waals surface area contributed by atoms with E-state index < -0.39 is 5.60 Å². The molecule has 0 unspecified atom stereocenters. The maximum atomic E-state index is 13.3. The van der Waals surface area contributed by atoms with Gasteiger partial charge in [0.05, 0.1) is 0 Å². The van der Waals surface area contributed by atoms with Crippen LogP contribution in [0, 0.1) is 23.2 Å². The molecule has 7 nitrogen and oxygen atoms in total. The molecule has 0 radical (unpaired) electrons. The Kier molecular flexibility index (Phi) is 10.7. The SMILES string of the molecule is CN(CCN(CCC12CC3CC(CC(C3)C1)C2)C(=O)NCCCc1cc[n+](C)cc1)C(=O)OC(C)(C)C.[I-]. The summed E-state index contributed by atoms with van der Waals surface area (Å²) in [5.41, 5.74) is 1.18. The molecule has 0 aromatic carbocycles. The third kappa shape index (κ3) is 8.71. The second-order valence-corrected chi connectivity index (χ2v) is 13.3. The van der Waals surface area contributed by atoms with Crippen LogP contribution in [0.15, 0.2) is 24.5 Å². The van der Waals surface area contributed by atoms with Crippen LogP contribution in [0.4, 0.5) is 9.59 Å². The highest BCUT2D eigenvalue weighted by Crippen LogP contribution is 2.61. The van der Waals surface area contributed by atoms with Crippen LogP contribution in [-0.4, -0.2) is 60.8 Å². The van der Waals surface area contributed by atoms with Gasteiger partial charge in [0.2, 0.25) is 0 Å². The minimum Gasteiger partial charge on any atom is -1.00 e. The van der Waals surface area contributed by atoms with Gasteiger partial charge in [-0.05, 0) is 107 Å².